The van der Waals surface area contributed by atoms with Crippen LogP contribution < -0.4 is 10.1 Å². The van der Waals surface area contributed by atoms with Gasteiger partial charge in [-0.1, -0.05) is 12.1 Å². The Morgan fingerprint density at radius 2 is 1.88 bits per heavy atom. The highest BCUT2D eigenvalue weighted by Gasteiger charge is 2.10. The van der Waals surface area contributed by atoms with Crippen LogP contribution in [0.1, 0.15) is 17.2 Å². The van der Waals surface area contributed by atoms with E-state index in [1.54, 1.807) is 25.4 Å². The highest BCUT2D eigenvalue weighted by atomic mass is 19.1. The topological polar surface area (TPSA) is 70.2 Å². The molecule has 3 N–H and O–H groups in total. The van der Waals surface area contributed by atoms with E-state index < -0.39 is 6.10 Å². The van der Waals surface area contributed by atoms with E-state index >= 15 is 0 Å². The van der Waals surface area contributed by atoms with Crippen molar-refractivity contribution in [2.45, 2.75) is 12.6 Å². The van der Waals surface area contributed by atoms with Crippen LogP contribution in [0.2, 0.25) is 0 Å². The number of hydrogen-bond donors (Lipinski definition) is 3. The van der Waals surface area contributed by atoms with Gasteiger partial charge in [-0.3, -0.25) is 5.10 Å². The molecule has 0 saturated heterocycles. The average molecular weight is 341 g/mol. The Kier molecular flexibility index (Phi) is 5.42. The van der Waals surface area contributed by atoms with Crippen molar-refractivity contribution in [1.29, 1.82) is 0 Å². The number of H-pyrrole nitrogens is 1. The van der Waals surface area contributed by atoms with Crippen LogP contribution in [0.15, 0.2) is 54.7 Å². The van der Waals surface area contributed by atoms with Crippen LogP contribution >= 0.6 is 0 Å². The van der Waals surface area contributed by atoms with Gasteiger partial charge in [-0.15, -0.1) is 0 Å². The minimum absolute atomic E-state index is 0.313. The molecule has 0 fully saturated rings. The Labute approximate surface area is 145 Å². The molecule has 25 heavy (non-hydrogen) atoms. The summed E-state index contributed by atoms with van der Waals surface area (Å²) in [5.41, 5.74) is 3.61. The number of aliphatic hydroxyl groups excluding tert-OH is 1. The summed E-state index contributed by atoms with van der Waals surface area (Å²) in [4.78, 5) is 0. The van der Waals surface area contributed by atoms with Gasteiger partial charge in [0.15, 0.2) is 0 Å². The van der Waals surface area contributed by atoms with Crippen molar-refractivity contribution in [3.05, 3.63) is 71.7 Å². The van der Waals surface area contributed by atoms with Crippen molar-refractivity contribution in [2.24, 2.45) is 0 Å². The largest absolute Gasteiger partial charge is 0.497 e. The molecular weight excluding hydrogens is 321 g/mol. The Morgan fingerprint density at radius 1 is 1.16 bits per heavy atom. The van der Waals surface area contributed by atoms with Crippen molar-refractivity contribution >= 4 is 0 Å². The summed E-state index contributed by atoms with van der Waals surface area (Å²) in [5.74, 6) is 0.483. The number of nitrogens with zero attached hydrogens (tertiary/aromatic N) is 1. The molecule has 0 aliphatic heterocycles. The van der Waals surface area contributed by atoms with Gasteiger partial charge in [0.05, 0.1) is 25.1 Å². The van der Waals surface area contributed by atoms with Gasteiger partial charge >= 0.3 is 0 Å². The third-order valence-corrected chi connectivity index (χ3v) is 4.00. The van der Waals surface area contributed by atoms with Crippen LogP contribution in [0.5, 0.6) is 5.75 Å². The number of rotatable bonds is 7. The fourth-order valence-corrected chi connectivity index (χ4v) is 2.60. The van der Waals surface area contributed by atoms with Crippen LogP contribution in [0.3, 0.4) is 0 Å². The average Bonchev–Trinajstić information content (AvgIpc) is 3.11. The van der Waals surface area contributed by atoms with E-state index in [1.807, 2.05) is 24.3 Å². The third-order valence-electron chi connectivity index (χ3n) is 4.00. The summed E-state index contributed by atoms with van der Waals surface area (Å²) < 4.78 is 18.1. The molecule has 0 aliphatic rings. The predicted molar refractivity (Wildman–Crippen MR) is 93.6 cm³/mol. The third kappa shape index (κ3) is 4.23. The molecule has 0 aliphatic carbocycles. The fraction of sp³-hybridized carbons (Fsp3) is 0.211. The van der Waals surface area contributed by atoms with E-state index in [0.717, 1.165) is 22.6 Å². The standard InChI is InChI=1S/C19H20FN3O2/c1-25-17-8-4-14(5-9-17)19-15(11-22-23-19)10-21-12-18(24)13-2-6-16(20)7-3-13/h2-9,11,18,21,24H,10,12H2,1H3,(H,22,23). The molecule has 3 aromatic rings. The minimum Gasteiger partial charge on any atom is -0.497 e. The lowest BCUT2D eigenvalue weighted by atomic mass is 10.1. The number of aromatic nitrogens is 2. The second kappa shape index (κ2) is 7.92. The minimum atomic E-state index is -0.697. The highest BCUT2D eigenvalue weighted by molar-refractivity contribution is 5.63. The molecule has 1 aromatic heterocycles. The van der Waals surface area contributed by atoms with E-state index in [2.05, 4.69) is 15.5 Å². The molecule has 1 heterocycles. The van der Waals surface area contributed by atoms with Crippen LogP contribution in [0, 0.1) is 5.82 Å². The molecule has 130 valence electrons. The molecule has 0 amide bonds. The SMILES string of the molecule is COc1ccc(-c2[nH]ncc2CNCC(O)c2ccc(F)cc2)cc1. The van der Waals surface area contributed by atoms with Gasteiger partial charge in [0.25, 0.3) is 0 Å². The van der Waals surface area contributed by atoms with Crippen molar-refractivity contribution in [1.82, 2.24) is 15.5 Å². The first-order chi connectivity index (χ1) is 12.2. The molecule has 3 rings (SSSR count). The number of hydrogen-bond acceptors (Lipinski definition) is 4. The highest BCUT2D eigenvalue weighted by Crippen LogP contribution is 2.23. The van der Waals surface area contributed by atoms with Crippen molar-refractivity contribution < 1.29 is 14.2 Å². The zero-order valence-corrected chi connectivity index (χ0v) is 13.9. The number of ether oxygens (including phenoxy) is 1. The van der Waals surface area contributed by atoms with Crippen LogP contribution in [-0.4, -0.2) is 29.0 Å². The number of methoxy groups -OCH3 is 1. The van der Waals surface area contributed by atoms with Gasteiger partial charge in [-0.2, -0.15) is 5.10 Å². The predicted octanol–water partition coefficient (Wildman–Crippen LogP) is 3.05. The van der Waals surface area contributed by atoms with E-state index in [9.17, 15) is 9.50 Å². The molecule has 0 radical (unpaired) electrons. The molecule has 1 unspecified atom stereocenters. The molecule has 1 atom stereocenters. The van der Waals surface area contributed by atoms with Crippen molar-refractivity contribution in [3.63, 3.8) is 0 Å². The second-order valence-electron chi connectivity index (χ2n) is 5.70. The zero-order valence-electron chi connectivity index (χ0n) is 13.9. The van der Waals surface area contributed by atoms with Gasteiger partial charge < -0.3 is 15.2 Å². The first kappa shape index (κ1) is 17.1. The summed E-state index contributed by atoms with van der Waals surface area (Å²) in [7, 11) is 1.63. The molecule has 6 heteroatoms. The molecule has 2 aromatic carbocycles. The number of nitrogens with one attached hydrogen (secondary N) is 2. The van der Waals surface area contributed by atoms with Crippen LogP contribution in [0.4, 0.5) is 4.39 Å². The number of aliphatic hydroxyl groups is 1. The smallest absolute Gasteiger partial charge is 0.123 e. The number of halogens is 1. The number of benzene rings is 2. The zero-order chi connectivity index (χ0) is 17.6. The van der Waals surface area contributed by atoms with Gasteiger partial charge in [-0.05, 0) is 42.0 Å². The maximum absolute atomic E-state index is 12.9. The molecular formula is C19H20FN3O2. The van der Waals surface area contributed by atoms with E-state index in [0.29, 0.717) is 18.7 Å². The fourth-order valence-electron chi connectivity index (χ4n) is 2.60. The number of aromatic amines is 1. The van der Waals surface area contributed by atoms with Gasteiger partial charge in [0, 0.05) is 24.2 Å². The quantitative estimate of drug-likeness (QED) is 0.618. The Hall–Kier alpha value is -2.70. The van der Waals surface area contributed by atoms with Crippen molar-refractivity contribution in [3.8, 4) is 17.0 Å². The molecule has 5 nitrogen and oxygen atoms in total. The van der Waals surface area contributed by atoms with Crippen LogP contribution in [-0.2, 0) is 6.54 Å². The van der Waals surface area contributed by atoms with Crippen LogP contribution in [0.25, 0.3) is 11.3 Å². The Morgan fingerprint density at radius 3 is 2.56 bits per heavy atom. The summed E-state index contributed by atoms with van der Waals surface area (Å²) in [6.45, 7) is 0.912. The molecule has 0 spiro atoms. The summed E-state index contributed by atoms with van der Waals surface area (Å²) in [5, 5.41) is 20.5. The Bertz CT molecular complexity index is 800. The first-order valence-corrected chi connectivity index (χ1v) is 7.98. The molecule has 0 bridgehead atoms. The monoisotopic (exact) mass is 341 g/mol. The first-order valence-electron chi connectivity index (χ1n) is 7.98. The van der Waals surface area contributed by atoms with Gasteiger partial charge in [-0.25, -0.2) is 4.39 Å². The summed E-state index contributed by atoms with van der Waals surface area (Å²) >= 11 is 0. The van der Waals surface area contributed by atoms with Gasteiger partial charge in [0.1, 0.15) is 11.6 Å². The van der Waals surface area contributed by atoms with Crippen molar-refractivity contribution in [2.75, 3.05) is 13.7 Å². The van der Waals surface area contributed by atoms with E-state index in [4.69, 9.17) is 4.74 Å². The van der Waals surface area contributed by atoms with E-state index in [-0.39, 0.29) is 5.82 Å². The Balaban J connectivity index is 1.60. The lowest BCUT2D eigenvalue weighted by Gasteiger charge is -2.12. The summed E-state index contributed by atoms with van der Waals surface area (Å²) in [6.07, 6.45) is 1.06. The second-order valence-corrected chi connectivity index (χ2v) is 5.70. The van der Waals surface area contributed by atoms with E-state index in [1.165, 1.54) is 12.1 Å². The molecule has 0 saturated carbocycles. The van der Waals surface area contributed by atoms with Gasteiger partial charge in [0.2, 0.25) is 0 Å². The normalized spacial score (nSPS) is 12.1. The lowest BCUT2D eigenvalue weighted by molar-refractivity contribution is 0.174. The lowest BCUT2D eigenvalue weighted by Crippen LogP contribution is -2.21. The maximum atomic E-state index is 12.9. The summed E-state index contributed by atoms with van der Waals surface area (Å²) in [6, 6.07) is 13.6. The maximum Gasteiger partial charge on any atom is 0.123 e.